The molecule has 4 bridgehead atoms. The van der Waals surface area contributed by atoms with E-state index >= 15 is 0 Å². The number of carbonyl (C=O) groups is 2. The minimum Gasteiger partial charge on any atom is -0.457 e. The topological polar surface area (TPSA) is 55.4 Å². The number of amides is 2. The van der Waals surface area contributed by atoms with E-state index in [1.165, 1.54) is 38.5 Å². The molecule has 160 valence electrons. The van der Waals surface area contributed by atoms with Gasteiger partial charge in [0.2, 0.25) is 0 Å². The molecule has 1 saturated heterocycles. The van der Waals surface area contributed by atoms with E-state index in [0.29, 0.717) is 22.0 Å². The highest BCUT2D eigenvalue weighted by Gasteiger charge is 2.53. The van der Waals surface area contributed by atoms with Gasteiger partial charge in [-0.15, -0.1) is 0 Å². The lowest BCUT2D eigenvalue weighted by atomic mass is 9.46. The number of nitrogens with one attached hydrogen (secondary N) is 1. The summed E-state index contributed by atoms with van der Waals surface area (Å²) in [6.07, 6.45) is 18.3. The van der Waals surface area contributed by atoms with Crippen molar-refractivity contribution in [2.24, 2.45) is 29.1 Å². The molecule has 5 heteroatoms. The van der Waals surface area contributed by atoms with Crippen LogP contribution in [-0.4, -0.2) is 11.1 Å². The van der Waals surface area contributed by atoms with Crippen LogP contribution in [0.25, 0.3) is 6.08 Å². The number of ether oxygens (including phenoxy) is 1. The van der Waals surface area contributed by atoms with Gasteiger partial charge in [0.15, 0.2) is 0 Å². The molecule has 1 aromatic rings. The van der Waals surface area contributed by atoms with Crippen LogP contribution in [0.5, 0.6) is 5.75 Å². The van der Waals surface area contributed by atoms with E-state index in [1.807, 2.05) is 24.3 Å². The number of carbonyl (C=O) groups excluding carboxylic acids is 2. The fourth-order valence-electron chi connectivity index (χ4n) is 7.14. The Labute approximate surface area is 187 Å². The Morgan fingerprint density at radius 3 is 2.35 bits per heavy atom. The van der Waals surface area contributed by atoms with Gasteiger partial charge in [0.25, 0.3) is 11.1 Å². The average molecular weight is 434 g/mol. The van der Waals surface area contributed by atoms with Gasteiger partial charge in [0, 0.05) is 5.56 Å². The van der Waals surface area contributed by atoms with Gasteiger partial charge in [-0.3, -0.25) is 14.9 Å². The van der Waals surface area contributed by atoms with Crippen molar-refractivity contribution >= 4 is 29.0 Å². The van der Waals surface area contributed by atoms with Crippen molar-refractivity contribution in [3.8, 4) is 5.75 Å². The van der Waals surface area contributed by atoms with E-state index in [1.54, 1.807) is 6.08 Å². The van der Waals surface area contributed by atoms with E-state index in [9.17, 15) is 9.59 Å². The summed E-state index contributed by atoms with van der Waals surface area (Å²) >= 11 is 0.928. The third-order valence-electron chi connectivity index (χ3n) is 8.01. The number of thioether (sulfide) groups is 1. The summed E-state index contributed by atoms with van der Waals surface area (Å²) in [4.78, 5) is 23.8. The van der Waals surface area contributed by atoms with Gasteiger partial charge in [0.1, 0.15) is 11.5 Å². The lowest BCUT2D eigenvalue weighted by Crippen LogP contribution is -2.49. The monoisotopic (exact) mass is 433 g/mol. The molecule has 0 radical (unpaired) electrons. The Balaban J connectivity index is 1.18. The molecule has 7 rings (SSSR count). The molecular weight excluding hydrogens is 406 g/mol. The fraction of sp³-hybridized carbons (Fsp3) is 0.462. The van der Waals surface area contributed by atoms with Gasteiger partial charge in [-0.1, -0.05) is 24.3 Å². The molecule has 0 aromatic heterocycles. The van der Waals surface area contributed by atoms with Crippen LogP contribution < -0.4 is 10.1 Å². The maximum Gasteiger partial charge on any atom is 0.290 e. The predicted octanol–water partition coefficient (Wildman–Crippen LogP) is 6.07. The SMILES string of the molecule is O=C1NC(=O)/C(=C/c2ccccc2OC2=CCC(C34CC5CC(CC(C5)C3)C4)C=C2)S1. The molecule has 1 aliphatic heterocycles. The van der Waals surface area contributed by atoms with Crippen LogP contribution in [0.1, 0.15) is 50.5 Å². The Bertz CT molecular complexity index is 1000. The highest BCUT2D eigenvalue weighted by atomic mass is 32.2. The van der Waals surface area contributed by atoms with Gasteiger partial charge >= 0.3 is 0 Å². The van der Waals surface area contributed by atoms with Crippen molar-refractivity contribution in [3.63, 3.8) is 0 Å². The molecule has 31 heavy (non-hydrogen) atoms. The Morgan fingerprint density at radius 1 is 1.03 bits per heavy atom. The Kier molecular flexibility index (Phi) is 4.64. The summed E-state index contributed by atoms with van der Waals surface area (Å²) in [5.41, 5.74) is 1.32. The third-order valence-corrected chi connectivity index (χ3v) is 8.82. The van der Waals surface area contributed by atoms with Crippen LogP contribution in [-0.2, 0) is 4.79 Å². The fourth-order valence-corrected chi connectivity index (χ4v) is 7.82. The molecule has 4 saturated carbocycles. The minimum atomic E-state index is -0.347. The second kappa shape index (κ2) is 7.40. The van der Waals surface area contributed by atoms with Crippen LogP contribution in [0.3, 0.4) is 0 Å². The summed E-state index contributed by atoms with van der Waals surface area (Å²) in [6.45, 7) is 0. The first-order valence-corrected chi connectivity index (χ1v) is 12.3. The second-order valence-electron chi connectivity index (χ2n) is 10.1. The van der Waals surface area contributed by atoms with Gasteiger partial charge in [0.05, 0.1) is 4.91 Å². The molecule has 4 nitrogen and oxygen atoms in total. The second-order valence-corrected chi connectivity index (χ2v) is 11.1. The van der Waals surface area contributed by atoms with Crippen molar-refractivity contribution in [3.05, 3.63) is 58.7 Å². The van der Waals surface area contributed by atoms with Crippen LogP contribution in [0, 0.1) is 29.1 Å². The van der Waals surface area contributed by atoms with Crippen molar-refractivity contribution in [1.82, 2.24) is 5.32 Å². The van der Waals surface area contributed by atoms with E-state index < -0.39 is 0 Å². The highest BCUT2D eigenvalue weighted by molar-refractivity contribution is 8.18. The summed E-state index contributed by atoms with van der Waals surface area (Å²) < 4.78 is 6.23. The quantitative estimate of drug-likeness (QED) is 0.586. The van der Waals surface area contributed by atoms with Gasteiger partial charge in [-0.2, -0.15) is 0 Å². The molecule has 1 N–H and O–H groups in total. The van der Waals surface area contributed by atoms with Crippen molar-refractivity contribution in [2.45, 2.75) is 44.9 Å². The van der Waals surface area contributed by atoms with Crippen LogP contribution in [0.2, 0.25) is 0 Å². The first-order valence-electron chi connectivity index (χ1n) is 11.5. The summed E-state index contributed by atoms with van der Waals surface area (Å²) in [5.74, 6) is 4.77. The van der Waals surface area contributed by atoms with Gasteiger partial charge in [-0.05, 0) is 110 Å². The summed E-state index contributed by atoms with van der Waals surface area (Å²) in [5, 5.41) is 1.97. The molecular formula is C26H27NO3S. The number of allylic oxidation sites excluding steroid dienone is 3. The normalized spacial score (nSPS) is 37.3. The lowest BCUT2D eigenvalue weighted by molar-refractivity contribution is -0.115. The smallest absolute Gasteiger partial charge is 0.290 e. The number of benzene rings is 1. The molecule has 6 aliphatic rings. The maximum atomic E-state index is 11.9. The highest BCUT2D eigenvalue weighted by Crippen LogP contribution is 2.63. The van der Waals surface area contributed by atoms with E-state index in [0.717, 1.165) is 47.3 Å². The third kappa shape index (κ3) is 3.57. The van der Waals surface area contributed by atoms with Gasteiger partial charge in [-0.25, -0.2) is 0 Å². The maximum absolute atomic E-state index is 11.9. The van der Waals surface area contributed by atoms with Crippen LogP contribution in [0.4, 0.5) is 4.79 Å². The number of rotatable bonds is 4. The lowest BCUT2D eigenvalue weighted by Gasteiger charge is -2.59. The van der Waals surface area contributed by atoms with Crippen LogP contribution >= 0.6 is 11.8 Å². The summed E-state index contributed by atoms with van der Waals surface area (Å²) in [6, 6.07) is 7.65. The molecule has 1 unspecified atom stereocenters. The van der Waals surface area contributed by atoms with Crippen LogP contribution in [0.15, 0.2) is 53.2 Å². The zero-order valence-corrected chi connectivity index (χ0v) is 18.3. The Hall–Kier alpha value is -2.27. The van der Waals surface area contributed by atoms with E-state index in [4.69, 9.17) is 4.74 Å². The molecule has 1 heterocycles. The molecule has 5 fully saturated rings. The largest absolute Gasteiger partial charge is 0.457 e. The molecule has 2 amide bonds. The van der Waals surface area contributed by atoms with Crippen molar-refractivity contribution < 1.29 is 14.3 Å². The molecule has 5 aliphatic carbocycles. The summed E-state index contributed by atoms with van der Waals surface area (Å²) in [7, 11) is 0. The number of hydrogen-bond acceptors (Lipinski definition) is 4. The molecule has 1 atom stereocenters. The zero-order valence-electron chi connectivity index (χ0n) is 17.5. The predicted molar refractivity (Wildman–Crippen MR) is 122 cm³/mol. The Morgan fingerprint density at radius 2 is 1.74 bits per heavy atom. The molecule has 1 aromatic carbocycles. The minimum absolute atomic E-state index is 0.330. The first kappa shape index (κ1) is 19.4. The van der Waals surface area contributed by atoms with E-state index in [-0.39, 0.29) is 11.1 Å². The average Bonchev–Trinajstić information content (AvgIpc) is 3.05. The zero-order chi connectivity index (χ0) is 21.0. The van der Waals surface area contributed by atoms with Gasteiger partial charge < -0.3 is 4.74 Å². The number of para-hydroxylation sites is 1. The molecule has 0 spiro atoms. The van der Waals surface area contributed by atoms with Crippen molar-refractivity contribution in [2.75, 3.05) is 0 Å². The standard InChI is InChI=1S/C26H27NO3S/c28-24-23(31-25(29)27-24)12-19-3-1-2-4-22(19)30-21-7-5-20(6-8-21)26-13-16-9-17(14-26)11-18(10-16)15-26/h1-5,7-8,12,16-18,20H,6,9-11,13-15H2,(H,27,28,29)/b23-12-. The first-order chi connectivity index (χ1) is 15.1. The number of hydrogen-bond donors (Lipinski definition) is 1. The van der Waals surface area contributed by atoms with Crippen molar-refractivity contribution in [1.29, 1.82) is 0 Å². The van der Waals surface area contributed by atoms with E-state index in [2.05, 4.69) is 23.5 Å². The number of imide groups is 1.